The Hall–Kier alpha value is -1.75. The highest BCUT2D eigenvalue weighted by molar-refractivity contribution is 7.03. The number of nitrogens with zero attached hydrogens (tertiary/aromatic N) is 2. The molecule has 2 aromatic rings. The molecule has 0 spiro atoms. The molecule has 0 amide bonds. The van der Waals surface area contributed by atoms with Crippen LogP contribution in [0.4, 0.5) is 0 Å². The summed E-state index contributed by atoms with van der Waals surface area (Å²) in [5.41, 5.74) is 2.55. The first kappa shape index (κ1) is 9.79. The molecule has 1 N–H and O–H groups in total. The normalized spacial score (nSPS) is 10.2. The van der Waals surface area contributed by atoms with Crippen LogP contribution in [0.15, 0.2) is 23.6 Å². The predicted octanol–water partition coefficient (Wildman–Crippen LogP) is 2.21. The highest BCUT2D eigenvalue weighted by atomic mass is 32.1. The first-order chi connectivity index (χ1) is 7.18. The quantitative estimate of drug-likeness (QED) is 0.842. The molecule has 0 aliphatic carbocycles. The number of benzene rings is 1. The lowest BCUT2D eigenvalue weighted by Gasteiger charge is -2.02. The number of carboxylic acids is 1. The van der Waals surface area contributed by atoms with E-state index in [0.717, 1.165) is 11.1 Å². The van der Waals surface area contributed by atoms with Crippen LogP contribution < -0.4 is 0 Å². The molecule has 1 aromatic heterocycles. The van der Waals surface area contributed by atoms with Crippen LogP contribution in [0.25, 0.3) is 11.3 Å². The first-order valence-corrected chi connectivity index (χ1v) is 5.13. The van der Waals surface area contributed by atoms with E-state index in [1.165, 1.54) is 11.5 Å². The average Bonchev–Trinajstić information content (AvgIpc) is 2.71. The highest BCUT2D eigenvalue weighted by Crippen LogP contribution is 2.21. The van der Waals surface area contributed by atoms with Crippen molar-refractivity contribution < 1.29 is 9.90 Å². The molecule has 2 rings (SSSR count). The van der Waals surface area contributed by atoms with Gasteiger partial charge in [-0.15, -0.1) is 5.10 Å². The van der Waals surface area contributed by atoms with Gasteiger partial charge in [-0.05, 0) is 30.1 Å². The average molecular weight is 220 g/mol. The number of aromatic nitrogens is 2. The summed E-state index contributed by atoms with van der Waals surface area (Å²) in [5, 5.41) is 14.6. The summed E-state index contributed by atoms with van der Waals surface area (Å²) in [6, 6.07) is 5.24. The zero-order valence-corrected chi connectivity index (χ0v) is 8.78. The molecule has 4 nitrogen and oxygen atoms in total. The molecular formula is C10H8N2O2S. The van der Waals surface area contributed by atoms with E-state index in [1.54, 1.807) is 24.4 Å². The number of rotatable bonds is 2. The van der Waals surface area contributed by atoms with E-state index in [2.05, 4.69) is 9.59 Å². The molecule has 1 aromatic carbocycles. The molecule has 0 atom stereocenters. The summed E-state index contributed by atoms with van der Waals surface area (Å²) in [5.74, 6) is -0.919. The second-order valence-electron chi connectivity index (χ2n) is 3.13. The lowest BCUT2D eigenvalue weighted by molar-refractivity contribution is 0.0696. The number of hydrogen-bond donors (Lipinski definition) is 1. The zero-order valence-electron chi connectivity index (χ0n) is 7.97. The summed E-state index contributed by atoms with van der Waals surface area (Å²) in [4.78, 5) is 10.9. The van der Waals surface area contributed by atoms with Gasteiger partial charge < -0.3 is 5.11 Å². The monoisotopic (exact) mass is 220 g/mol. The summed E-state index contributed by atoms with van der Waals surface area (Å²) in [7, 11) is 0. The Bertz CT molecular complexity index is 494. The summed E-state index contributed by atoms with van der Waals surface area (Å²) in [6.45, 7) is 1.77. The van der Waals surface area contributed by atoms with E-state index < -0.39 is 5.97 Å². The Morgan fingerprint density at radius 3 is 2.87 bits per heavy atom. The highest BCUT2D eigenvalue weighted by Gasteiger charge is 2.09. The van der Waals surface area contributed by atoms with Gasteiger partial charge in [0.2, 0.25) is 0 Å². The van der Waals surface area contributed by atoms with Gasteiger partial charge in [0.15, 0.2) is 0 Å². The van der Waals surface area contributed by atoms with Crippen LogP contribution in [0.1, 0.15) is 15.9 Å². The minimum absolute atomic E-state index is 0.306. The van der Waals surface area contributed by atoms with Gasteiger partial charge in [0.05, 0.1) is 5.56 Å². The number of carboxylic acid groups (broad SMARTS) is 1. The second kappa shape index (κ2) is 3.78. The van der Waals surface area contributed by atoms with Crippen LogP contribution in [-0.4, -0.2) is 20.7 Å². The van der Waals surface area contributed by atoms with Crippen molar-refractivity contribution in [1.82, 2.24) is 9.59 Å². The Balaban J connectivity index is 2.52. The zero-order chi connectivity index (χ0) is 10.8. The smallest absolute Gasteiger partial charge is 0.335 e. The maximum atomic E-state index is 10.9. The van der Waals surface area contributed by atoms with Gasteiger partial charge in [-0.1, -0.05) is 16.6 Å². The van der Waals surface area contributed by atoms with Gasteiger partial charge in [-0.25, -0.2) is 4.79 Å². The molecule has 0 aliphatic rings. The number of carbonyl (C=O) groups is 1. The minimum atomic E-state index is -0.919. The van der Waals surface area contributed by atoms with Crippen LogP contribution >= 0.6 is 11.5 Å². The fourth-order valence-electron chi connectivity index (χ4n) is 1.30. The van der Waals surface area contributed by atoms with Crippen LogP contribution in [0, 0.1) is 6.92 Å². The number of hydrogen-bond acceptors (Lipinski definition) is 4. The third-order valence-corrected chi connectivity index (χ3v) is 2.63. The van der Waals surface area contributed by atoms with Crippen molar-refractivity contribution in [2.24, 2.45) is 0 Å². The largest absolute Gasteiger partial charge is 0.478 e. The van der Waals surface area contributed by atoms with E-state index >= 15 is 0 Å². The van der Waals surface area contributed by atoms with Crippen LogP contribution in [-0.2, 0) is 0 Å². The summed E-state index contributed by atoms with van der Waals surface area (Å²) in [6.07, 6.45) is 0. The van der Waals surface area contributed by atoms with E-state index in [9.17, 15) is 4.79 Å². The number of aryl methyl sites for hydroxylation is 1. The Morgan fingerprint density at radius 1 is 1.47 bits per heavy atom. The SMILES string of the molecule is Cc1ccc(-c2csnn2)cc1C(=O)O. The second-order valence-corrected chi connectivity index (χ2v) is 3.73. The minimum Gasteiger partial charge on any atom is -0.478 e. The maximum absolute atomic E-state index is 10.9. The fourth-order valence-corrected chi connectivity index (χ4v) is 1.77. The van der Waals surface area contributed by atoms with Crippen molar-refractivity contribution in [3.63, 3.8) is 0 Å². The topological polar surface area (TPSA) is 63.1 Å². The van der Waals surface area contributed by atoms with Crippen molar-refractivity contribution in [2.45, 2.75) is 6.92 Å². The van der Waals surface area contributed by atoms with Gasteiger partial charge in [0, 0.05) is 10.9 Å². The van der Waals surface area contributed by atoms with Crippen molar-refractivity contribution >= 4 is 17.5 Å². The van der Waals surface area contributed by atoms with Gasteiger partial charge >= 0.3 is 5.97 Å². The molecular weight excluding hydrogens is 212 g/mol. The van der Waals surface area contributed by atoms with Crippen LogP contribution in [0.2, 0.25) is 0 Å². The Labute approximate surface area is 90.4 Å². The number of aromatic carboxylic acids is 1. The lowest BCUT2D eigenvalue weighted by atomic mass is 10.0. The molecule has 15 heavy (non-hydrogen) atoms. The molecule has 76 valence electrons. The molecule has 0 aliphatic heterocycles. The molecule has 1 heterocycles. The summed E-state index contributed by atoms with van der Waals surface area (Å²) >= 11 is 1.24. The standard InChI is InChI=1S/C10H8N2O2S/c1-6-2-3-7(4-8(6)10(13)14)9-5-15-12-11-9/h2-5H,1H3,(H,13,14). The third kappa shape index (κ3) is 1.87. The van der Waals surface area contributed by atoms with E-state index in [0.29, 0.717) is 11.3 Å². The molecule has 0 saturated carbocycles. The van der Waals surface area contributed by atoms with E-state index in [4.69, 9.17) is 5.11 Å². The molecule has 0 saturated heterocycles. The Morgan fingerprint density at radius 2 is 2.27 bits per heavy atom. The van der Waals surface area contributed by atoms with Gasteiger partial charge in [0.1, 0.15) is 5.69 Å². The van der Waals surface area contributed by atoms with Crippen molar-refractivity contribution in [2.75, 3.05) is 0 Å². The molecule has 5 heteroatoms. The van der Waals surface area contributed by atoms with Gasteiger partial charge in [-0.2, -0.15) is 0 Å². The predicted molar refractivity (Wildman–Crippen MR) is 57.0 cm³/mol. The Kier molecular flexibility index (Phi) is 2.47. The fraction of sp³-hybridized carbons (Fsp3) is 0.100. The van der Waals surface area contributed by atoms with E-state index in [1.807, 2.05) is 6.07 Å². The lowest BCUT2D eigenvalue weighted by Crippen LogP contribution is -1.99. The molecule has 0 bridgehead atoms. The molecule has 0 radical (unpaired) electrons. The van der Waals surface area contributed by atoms with Crippen molar-refractivity contribution in [1.29, 1.82) is 0 Å². The maximum Gasteiger partial charge on any atom is 0.335 e. The van der Waals surface area contributed by atoms with Crippen LogP contribution in [0.3, 0.4) is 0 Å². The molecule has 0 fully saturated rings. The van der Waals surface area contributed by atoms with Crippen molar-refractivity contribution in [3.8, 4) is 11.3 Å². The first-order valence-electron chi connectivity index (χ1n) is 4.30. The van der Waals surface area contributed by atoms with Crippen molar-refractivity contribution in [3.05, 3.63) is 34.7 Å². The third-order valence-electron chi connectivity index (χ3n) is 2.12. The summed E-state index contributed by atoms with van der Waals surface area (Å²) < 4.78 is 3.74. The van der Waals surface area contributed by atoms with Gasteiger partial charge in [-0.3, -0.25) is 0 Å². The van der Waals surface area contributed by atoms with Gasteiger partial charge in [0.25, 0.3) is 0 Å². The molecule has 0 unspecified atom stereocenters. The van der Waals surface area contributed by atoms with E-state index in [-0.39, 0.29) is 0 Å². The van der Waals surface area contributed by atoms with Crippen LogP contribution in [0.5, 0.6) is 0 Å².